The van der Waals surface area contributed by atoms with Gasteiger partial charge in [0.25, 0.3) is 0 Å². The summed E-state index contributed by atoms with van der Waals surface area (Å²) >= 11 is 3.88. The minimum atomic E-state index is 0. The number of benzene rings is 5. The molecule has 1 aliphatic rings. The van der Waals surface area contributed by atoms with Gasteiger partial charge in [-0.05, 0) is 13.1 Å². The van der Waals surface area contributed by atoms with Crippen LogP contribution in [0.3, 0.4) is 0 Å². The first kappa shape index (κ1) is 40.7. The Morgan fingerprint density at radius 1 is 0.566 bits per heavy atom. The molecule has 0 unspecified atom stereocenters. The van der Waals surface area contributed by atoms with Gasteiger partial charge in [0.15, 0.2) is 0 Å². The van der Waals surface area contributed by atoms with E-state index in [1.807, 2.05) is 12.1 Å². The van der Waals surface area contributed by atoms with Gasteiger partial charge in [0.1, 0.15) is 0 Å². The Bertz CT molecular complexity index is 2060. The van der Waals surface area contributed by atoms with Crippen LogP contribution < -0.4 is 12.4 Å². The Morgan fingerprint density at radius 2 is 0.981 bits per heavy atom. The molecule has 1 aromatic heterocycles. The molecule has 0 bridgehead atoms. The van der Waals surface area contributed by atoms with Crippen molar-refractivity contribution in [1.29, 1.82) is 0 Å². The van der Waals surface area contributed by atoms with E-state index in [1.165, 1.54) is 72.5 Å². The van der Waals surface area contributed by atoms with Crippen molar-refractivity contribution in [3.8, 4) is 33.9 Å². The van der Waals surface area contributed by atoms with E-state index in [9.17, 15) is 0 Å². The molecule has 0 aliphatic heterocycles. The molecule has 0 fully saturated rings. The van der Waals surface area contributed by atoms with Crippen LogP contribution in [0.4, 0.5) is 0 Å². The topological polar surface area (TPSA) is 13.1 Å². The fourth-order valence-electron chi connectivity index (χ4n) is 7.87. The van der Waals surface area contributed by atoms with Gasteiger partial charge in [0.2, 0.25) is 0 Å². The van der Waals surface area contributed by atoms with Crippen LogP contribution in [-0.4, -0.2) is 27.1 Å². The molecule has 0 spiro atoms. The molecule has 53 heavy (non-hydrogen) atoms. The smallest absolute Gasteiger partial charge is 0.000708 e. The molecular formula is C48H56ClN3Pd-2. The maximum Gasteiger partial charge on any atom is 0.000708 e. The maximum atomic E-state index is 3.88. The number of imidazole rings is 1. The molecule has 1 heterocycles. The third kappa shape index (κ3) is 7.72. The van der Waals surface area contributed by atoms with E-state index < -0.39 is 0 Å². The van der Waals surface area contributed by atoms with Crippen molar-refractivity contribution in [3.05, 3.63) is 135 Å². The first-order valence-corrected chi connectivity index (χ1v) is 20.1. The van der Waals surface area contributed by atoms with Crippen molar-refractivity contribution in [3.63, 3.8) is 0 Å². The molecule has 5 heteroatoms. The van der Waals surface area contributed by atoms with Crippen LogP contribution in [0.15, 0.2) is 97.1 Å². The van der Waals surface area contributed by atoms with Crippen LogP contribution in [0.25, 0.3) is 44.7 Å². The predicted octanol–water partition coefficient (Wildman–Crippen LogP) is 9.97. The van der Waals surface area contributed by atoms with Gasteiger partial charge < -0.3 is 17.3 Å². The van der Waals surface area contributed by atoms with E-state index in [0.29, 0.717) is 23.7 Å². The molecule has 5 aromatic carbocycles. The quantitative estimate of drug-likeness (QED) is 0.0991. The molecule has 7 rings (SSSR count). The van der Waals surface area contributed by atoms with Crippen LogP contribution >= 0.6 is 0 Å². The van der Waals surface area contributed by atoms with E-state index in [-0.39, 0.29) is 12.4 Å². The number of aromatic nitrogens is 2. The summed E-state index contributed by atoms with van der Waals surface area (Å²) in [4.78, 5) is 2.38. The Labute approximate surface area is 335 Å². The van der Waals surface area contributed by atoms with Gasteiger partial charge in [-0.2, -0.15) is 30.3 Å². The molecule has 282 valence electrons. The van der Waals surface area contributed by atoms with Crippen LogP contribution in [-0.2, 0) is 25.3 Å². The zero-order valence-electron chi connectivity index (χ0n) is 33.2. The zero-order chi connectivity index (χ0) is 37.3. The van der Waals surface area contributed by atoms with Crippen molar-refractivity contribution in [2.45, 2.75) is 99.5 Å². The summed E-state index contributed by atoms with van der Waals surface area (Å²) in [5.41, 5.74) is 14.7. The number of rotatable bonds is 10. The third-order valence-corrected chi connectivity index (χ3v) is 11.3. The van der Waals surface area contributed by atoms with Crippen LogP contribution in [0.5, 0.6) is 0 Å². The minimum Gasteiger partial charge on any atom is -1.00 e. The van der Waals surface area contributed by atoms with Gasteiger partial charge in [0, 0.05) is 6.54 Å². The second-order valence-electron chi connectivity index (χ2n) is 15.4. The summed E-state index contributed by atoms with van der Waals surface area (Å²) < 4.78 is 6.22. The van der Waals surface area contributed by atoms with E-state index in [0.717, 1.165) is 23.5 Å². The van der Waals surface area contributed by atoms with Crippen molar-refractivity contribution >= 4 is 10.8 Å². The number of hydrogen-bond acceptors (Lipinski definition) is 1. The number of para-hydroxylation sites is 2. The largest absolute Gasteiger partial charge is 1.00 e. The van der Waals surface area contributed by atoms with Crippen molar-refractivity contribution in [1.82, 2.24) is 14.0 Å². The van der Waals surface area contributed by atoms with Gasteiger partial charge in [-0.1, -0.05) is 13.8 Å². The molecule has 0 N–H and O–H groups in total. The van der Waals surface area contributed by atoms with Crippen molar-refractivity contribution in [2.24, 2.45) is 0 Å². The maximum absolute atomic E-state index is 3.88. The zero-order valence-corrected chi connectivity index (χ0v) is 35.5. The number of hydrogen-bond donors (Lipinski definition) is 0. The van der Waals surface area contributed by atoms with Crippen LogP contribution in [0, 0.1) is 9.96 Å². The van der Waals surface area contributed by atoms with Crippen molar-refractivity contribution < 1.29 is 31.2 Å². The van der Waals surface area contributed by atoms with Gasteiger partial charge in [-0.25, -0.2) is 0 Å². The van der Waals surface area contributed by atoms with Gasteiger partial charge in [-0.3, -0.25) is 0 Å². The molecule has 0 radical (unpaired) electrons. The molecule has 1 aliphatic carbocycles. The second-order valence-corrected chi connectivity index (χ2v) is 16.1. The first-order chi connectivity index (χ1) is 25.0. The van der Waals surface area contributed by atoms with E-state index in [2.05, 4.69) is 193 Å². The Morgan fingerprint density at radius 3 is 1.34 bits per heavy atom. The summed E-state index contributed by atoms with van der Waals surface area (Å²) in [6.45, 7) is 26.2. The average Bonchev–Trinajstić information content (AvgIpc) is 3.62. The Balaban J connectivity index is 0.000000357. The summed E-state index contributed by atoms with van der Waals surface area (Å²) in [6.07, 6.45) is 0. The summed E-state index contributed by atoms with van der Waals surface area (Å²) in [6, 6.07) is 38.7. The monoisotopic (exact) mass is 815 g/mol. The third-order valence-electron chi connectivity index (χ3n) is 10.6. The predicted molar refractivity (Wildman–Crippen MR) is 219 cm³/mol. The standard InChI is InChI=1S/C37H40N2.C11H16N.ClH.Pd/c1-22(2)27-15-11-16-28(23(3)4)34(27)38-21-39(35-29(24(5)6)17-12-18-30(35)25(7)8)37-32-20-10-14-26-13-9-19-31(33(26)32)36(37)38;1-3-12(4-2)10-11-8-6-5-7-9-11;;/h9-20,22-25H,1-8H3;5-8H,3-4,10H2,1-2H3;1H;/q;-1;;/p-1. The molecule has 6 aromatic rings. The molecule has 3 nitrogen and oxygen atoms in total. The fourth-order valence-corrected chi connectivity index (χ4v) is 8.56. The molecule has 0 saturated carbocycles. The number of nitrogens with zero attached hydrogens (tertiary/aromatic N) is 3. The number of fused-ring (bicyclic) bond motifs is 3. The molecule has 0 amide bonds. The fraction of sp³-hybridized carbons (Fsp3) is 0.354. The van der Waals surface area contributed by atoms with E-state index in [1.54, 1.807) is 0 Å². The normalized spacial score (nSPS) is 11.9. The van der Waals surface area contributed by atoms with Gasteiger partial charge >= 0.3 is 251 Å². The van der Waals surface area contributed by atoms with Crippen molar-refractivity contribution in [2.75, 3.05) is 13.1 Å². The molecule has 0 atom stereocenters. The Hall–Kier alpha value is -3.52. The number of halogens is 1. The van der Waals surface area contributed by atoms with Crippen LogP contribution in [0.2, 0.25) is 0 Å². The van der Waals surface area contributed by atoms with E-state index >= 15 is 0 Å². The summed E-state index contributed by atoms with van der Waals surface area (Å²) in [5.74, 6) is 1.58. The first-order valence-electron chi connectivity index (χ1n) is 19.3. The Kier molecular flexibility index (Phi) is 13.3. The average molecular weight is 817 g/mol. The minimum absolute atomic E-state index is 0. The van der Waals surface area contributed by atoms with Gasteiger partial charge in [0.05, 0.1) is 0 Å². The van der Waals surface area contributed by atoms with Gasteiger partial charge in [-0.15, -0.1) is 5.56 Å². The van der Waals surface area contributed by atoms with E-state index in [4.69, 9.17) is 0 Å². The second kappa shape index (κ2) is 17.3. The molecule has 0 saturated heterocycles. The SMILES string of the molecule is CC(C)c1cccc(C(C)C)c1-n1c2c(n(-c3c(C(C)C)cccc3C(C)C)[c]1=[Pd])-c1cccc3cccc-2c13.CCN(CC)Cc1[c-]cccc1.[Cl-]. The molecular weight excluding hydrogens is 760 g/mol. The summed E-state index contributed by atoms with van der Waals surface area (Å²) in [7, 11) is 0. The van der Waals surface area contributed by atoms with Crippen LogP contribution in [0.1, 0.15) is 121 Å². The summed E-state index contributed by atoms with van der Waals surface area (Å²) in [5, 5.41) is 2.65.